The van der Waals surface area contributed by atoms with E-state index in [0.29, 0.717) is 12.0 Å². The first-order valence-corrected chi connectivity index (χ1v) is 8.02. The van der Waals surface area contributed by atoms with E-state index < -0.39 is 0 Å². The number of nitrogens with zero attached hydrogens (tertiary/aromatic N) is 1. The molecule has 1 aromatic heterocycles. The Morgan fingerprint density at radius 1 is 1.38 bits per heavy atom. The van der Waals surface area contributed by atoms with E-state index in [-0.39, 0.29) is 0 Å². The van der Waals surface area contributed by atoms with Gasteiger partial charge < -0.3 is 10.1 Å². The Morgan fingerprint density at radius 2 is 2.33 bits per heavy atom. The van der Waals surface area contributed by atoms with Gasteiger partial charge in [0.05, 0.1) is 0 Å². The lowest BCUT2D eigenvalue weighted by molar-refractivity contribution is 0.181. The minimum absolute atomic E-state index is 0.405. The molecular weight excluding hydrogens is 260 g/mol. The third kappa shape index (κ3) is 3.42. The molecule has 3 nitrogen and oxygen atoms in total. The average molecular weight is 284 g/mol. The normalized spacial score (nSPS) is 20.0. The number of benzene rings is 1. The topological polar surface area (TPSA) is 34.1 Å². The molecule has 21 heavy (non-hydrogen) atoms. The van der Waals surface area contributed by atoms with Crippen LogP contribution in [-0.2, 0) is 4.74 Å². The lowest BCUT2D eigenvalue weighted by Crippen LogP contribution is -2.25. The molecule has 1 fully saturated rings. The summed E-state index contributed by atoms with van der Waals surface area (Å²) in [4.78, 5) is 4.24. The fourth-order valence-corrected chi connectivity index (χ4v) is 3.19. The van der Waals surface area contributed by atoms with E-state index in [0.717, 1.165) is 32.6 Å². The molecule has 2 heterocycles. The molecule has 2 atom stereocenters. The Hall–Kier alpha value is -1.45. The lowest BCUT2D eigenvalue weighted by atomic mass is 9.91. The summed E-state index contributed by atoms with van der Waals surface area (Å²) in [5, 5.41) is 6.27. The monoisotopic (exact) mass is 284 g/mol. The van der Waals surface area contributed by atoms with Gasteiger partial charge in [0.1, 0.15) is 0 Å². The largest absolute Gasteiger partial charge is 0.381 e. The van der Waals surface area contributed by atoms with Crippen LogP contribution in [0.1, 0.15) is 37.8 Å². The second-order valence-electron chi connectivity index (χ2n) is 5.92. The number of hydrogen-bond donors (Lipinski definition) is 1. The van der Waals surface area contributed by atoms with E-state index in [4.69, 9.17) is 4.74 Å². The molecular formula is C18H24N2O. The van der Waals surface area contributed by atoms with Crippen LogP contribution in [0.25, 0.3) is 10.8 Å². The summed E-state index contributed by atoms with van der Waals surface area (Å²) < 4.78 is 5.55. The molecule has 0 saturated carbocycles. The quantitative estimate of drug-likeness (QED) is 0.878. The van der Waals surface area contributed by atoms with Gasteiger partial charge >= 0.3 is 0 Å². The first kappa shape index (κ1) is 14.5. The highest BCUT2D eigenvalue weighted by Gasteiger charge is 2.22. The number of pyridine rings is 1. The van der Waals surface area contributed by atoms with Gasteiger partial charge in [-0.3, -0.25) is 4.98 Å². The molecule has 0 spiro atoms. The van der Waals surface area contributed by atoms with Crippen LogP contribution in [0.5, 0.6) is 0 Å². The highest BCUT2D eigenvalue weighted by Crippen LogP contribution is 2.30. The Balaban J connectivity index is 1.89. The van der Waals surface area contributed by atoms with E-state index in [1.807, 2.05) is 12.4 Å². The number of rotatable bonds is 6. The Kier molecular flexibility index (Phi) is 4.84. The molecule has 3 rings (SSSR count). The van der Waals surface area contributed by atoms with E-state index in [1.165, 1.54) is 22.8 Å². The molecule has 0 bridgehead atoms. The summed E-state index contributed by atoms with van der Waals surface area (Å²) in [5.41, 5.74) is 1.40. The first-order chi connectivity index (χ1) is 10.4. The van der Waals surface area contributed by atoms with Crippen molar-refractivity contribution in [1.82, 2.24) is 10.3 Å². The molecule has 1 aliphatic rings. The molecule has 3 heteroatoms. The Labute approximate surface area is 126 Å². The number of hydrogen-bond acceptors (Lipinski definition) is 3. The van der Waals surface area contributed by atoms with Crippen molar-refractivity contribution in [2.24, 2.45) is 5.92 Å². The molecule has 2 aromatic rings. The van der Waals surface area contributed by atoms with Crippen molar-refractivity contribution in [2.75, 3.05) is 19.8 Å². The molecule has 112 valence electrons. The molecule has 0 amide bonds. The van der Waals surface area contributed by atoms with Gasteiger partial charge in [0, 0.05) is 37.0 Å². The van der Waals surface area contributed by atoms with Crippen molar-refractivity contribution in [2.45, 2.75) is 32.2 Å². The minimum Gasteiger partial charge on any atom is -0.381 e. The summed E-state index contributed by atoms with van der Waals surface area (Å²) >= 11 is 0. The summed E-state index contributed by atoms with van der Waals surface area (Å²) in [6, 6.07) is 9.08. The number of aromatic nitrogens is 1. The van der Waals surface area contributed by atoms with Crippen LogP contribution in [0.2, 0.25) is 0 Å². The Bertz CT molecular complexity index is 573. The zero-order valence-corrected chi connectivity index (χ0v) is 12.7. The molecule has 0 radical (unpaired) electrons. The first-order valence-electron chi connectivity index (χ1n) is 8.02. The van der Waals surface area contributed by atoms with Gasteiger partial charge in [0.25, 0.3) is 0 Å². The smallest absolute Gasteiger partial charge is 0.0495 e. The van der Waals surface area contributed by atoms with E-state index in [1.54, 1.807) is 0 Å². The third-order valence-electron chi connectivity index (χ3n) is 4.32. The highest BCUT2D eigenvalue weighted by molar-refractivity contribution is 5.85. The fraction of sp³-hybridized carbons (Fsp3) is 0.500. The standard InChI is InChI=1S/C18H24N2O/c1-2-8-20-18(11-14-7-10-21-13-14)17-5-3-4-15-12-19-9-6-16(15)17/h3-6,9,12,14,18,20H,2,7-8,10-11,13H2,1H3. The second kappa shape index (κ2) is 7.01. The van der Waals surface area contributed by atoms with Crippen LogP contribution in [0.15, 0.2) is 36.7 Å². The van der Waals surface area contributed by atoms with Gasteiger partial charge in [0.15, 0.2) is 0 Å². The van der Waals surface area contributed by atoms with Gasteiger partial charge in [-0.05, 0) is 48.7 Å². The molecule has 0 aliphatic carbocycles. The maximum Gasteiger partial charge on any atom is 0.0495 e. The van der Waals surface area contributed by atoms with Gasteiger partial charge in [-0.25, -0.2) is 0 Å². The third-order valence-corrected chi connectivity index (χ3v) is 4.32. The molecule has 1 saturated heterocycles. The van der Waals surface area contributed by atoms with Gasteiger partial charge in [-0.2, -0.15) is 0 Å². The van der Waals surface area contributed by atoms with Crippen LogP contribution >= 0.6 is 0 Å². The zero-order chi connectivity index (χ0) is 14.5. The summed E-state index contributed by atoms with van der Waals surface area (Å²) in [6.07, 6.45) is 7.35. The van der Waals surface area contributed by atoms with Crippen LogP contribution in [0.3, 0.4) is 0 Å². The average Bonchev–Trinajstić information content (AvgIpc) is 3.04. The van der Waals surface area contributed by atoms with Crippen LogP contribution < -0.4 is 5.32 Å². The van der Waals surface area contributed by atoms with E-state index >= 15 is 0 Å². The van der Waals surface area contributed by atoms with Crippen LogP contribution in [0.4, 0.5) is 0 Å². The SMILES string of the molecule is CCCNC(CC1CCOC1)c1cccc2cnccc12. The van der Waals surface area contributed by atoms with Crippen molar-refractivity contribution >= 4 is 10.8 Å². The van der Waals surface area contributed by atoms with Crippen molar-refractivity contribution in [3.05, 3.63) is 42.2 Å². The second-order valence-corrected chi connectivity index (χ2v) is 5.92. The summed E-state index contributed by atoms with van der Waals surface area (Å²) in [6.45, 7) is 5.11. The van der Waals surface area contributed by atoms with Crippen LogP contribution in [0, 0.1) is 5.92 Å². The molecule has 1 aromatic carbocycles. The van der Waals surface area contributed by atoms with Gasteiger partial charge in [-0.15, -0.1) is 0 Å². The van der Waals surface area contributed by atoms with E-state index in [2.05, 4.69) is 41.5 Å². The molecule has 1 aliphatic heterocycles. The predicted molar refractivity (Wildman–Crippen MR) is 86.3 cm³/mol. The number of ether oxygens (including phenoxy) is 1. The van der Waals surface area contributed by atoms with Crippen molar-refractivity contribution in [1.29, 1.82) is 0 Å². The molecule has 1 N–H and O–H groups in total. The van der Waals surface area contributed by atoms with Crippen molar-refractivity contribution < 1.29 is 4.74 Å². The van der Waals surface area contributed by atoms with Crippen LogP contribution in [-0.4, -0.2) is 24.7 Å². The highest BCUT2D eigenvalue weighted by atomic mass is 16.5. The maximum absolute atomic E-state index is 5.55. The molecule has 2 unspecified atom stereocenters. The predicted octanol–water partition coefficient (Wildman–Crippen LogP) is 3.70. The zero-order valence-electron chi connectivity index (χ0n) is 12.7. The minimum atomic E-state index is 0.405. The van der Waals surface area contributed by atoms with Gasteiger partial charge in [-0.1, -0.05) is 25.1 Å². The lowest BCUT2D eigenvalue weighted by Gasteiger charge is -2.23. The fourth-order valence-electron chi connectivity index (χ4n) is 3.19. The van der Waals surface area contributed by atoms with E-state index in [9.17, 15) is 0 Å². The maximum atomic E-state index is 5.55. The van der Waals surface area contributed by atoms with Gasteiger partial charge in [0.2, 0.25) is 0 Å². The number of nitrogens with one attached hydrogen (secondary N) is 1. The Morgan fingerprint density at radius 3 is 3.14 bits per heavy atom. The van der Waals surface area contributed by atoms with Crippen molar-refractivity contribution in [3.8, 4) is 0 Å². The van der Waals surface area contributed by atoms with Crippen molar-refractivity contribution in [3.63, 3.8) is 0 Å². The number of fused-ring (bicyclic) bond motifs is 1. The summed E-state index contributed by atoms with van der Waals surface area (Å²) in [5.74, 6) is 0.677. The summed E-state index contributed by atoms with van der Waals surface area (Å²) in [7, 11) is 0.